The summed E-state index contributed by atoms with van der Waals surface area (Å²) in [6.07, 6.45) is 0. The van der Waals surface area contributed by atoms with E-state index in [0.29, 0.717) is 5.76 Å². The van der Waals surface area contributed by atoms with Crippen LogP contribution in [0.25, 0.3) is 0 Å². The zero-order chi connectivity index (χ0) is 12.8. The number of nitrogens with two attached hydrogens (primary N) is 1. The largest absolute Gasteiger partial charge is 0.475 e. The Hall–Kier alpha value is -1.86. The Kier molecular flexibility index (Phi) is 4.68. The number of carboxylic acid groups (broad SMARTS) is 1. The zero-order valence-electron chi connectivity index (χ0n) is 9.30. The third-order valence-electron chi connectivity index (χ3n) is 1.99. The maximum Gasteiger partial charge on any atom is 0.371 e. The summed E-state index contributed by atoms with van der Waals surface area (Å²) >= 11 is 0. The lowest BCUT2D eigenvalue weighted by atomic mass is 10.3. The number of methoxy groups -OCH3 is 1. The number of ether oxygens (including phenoxy) is 1. The molecule has 1 unspecified atom stereocenters. The first-order chi connectivity index (χ1) is 8.04. The minimum Gasteiger partial charge on any atom is -0.475 e. The molecule has 0 aliphatic carbocycles. The number of furan rings is 1. The molecule has 17 heavy (non-hydrogen) atoms. The molecule has 0 radical (unpaired) electrons. The van der Waals surface area contributed by atoms with E-state index in [1.165, 1.54) is 19.2 Å². The van der Waals surface area contributed by atoms with Crippen LogP contribution in [0, 0.1) is 0 Å². The van der Waals surface area contributed by atoms with Gasteiger partial charge in [0.15, 0.2) is 0 Å². The minimum absolute atomic E-state index is 0.0868. The lowest BCUT2D eigenvalue weighted by Gasteiger charge is -2.09. The molecule has 1 amide bonds. The molecule has 0 fully saturated rings. The van der Waals surface area contributed by atoms with E-state index in [-0.39, 0.29) is 24.8 Å². The standard InChI is InChI=1S/C10H14N2O5/c1-16-5-7(11)9(13)12-4-6-2-3-8(17-6)10(14)15/h2-3,7H,4-5,11H2,1H3,(H,12,13)(H,14,15). The molecule has 1 aromatic heterocycles. The summed E-state index contributed by atoms with van der Waals surface area (Å²) in [4.78, 5) is 21.9. The molecule has 1 rings (SSSR count). The van der Waals surface area contributed by atoms with E-state index in [4.69, 9.17) is 20.0 Å². The van der Waals surface area contributed by atoms with Crippen LogP contribution < -0.4 is 11.1 Å². The van der Waals surface area contributed by atoms with Crippen LogP contribution in [0.1, 0.15) is 16.3 Å². The summed E-state index contributed by atoms with van der Waals surface area (Å²) in [5.41, 5.74) is 5.48. The van der Waals surface area contributed by atoms with E-state index in [0.717, 1.165) is 0 Å². The third-order valence-corrected chi connectivity index (χ3v) is 1.99. The van der Waals surface area contributed by atoms with Crippen LogP contribution in [-0.4, -0.2) is 36.7 Å². The van der Waals surface area contributed by atoms with E-state index >= 15 is 0 Å². The van der Waals surface area contributed by atoms with Crippen molar-refractivity contribution in [2.24, 2.45) is 5.73 Å². The molecule has 0 aliphatic heterocycles. The topological polar surface area (TPSA) is 115 Å². The predicted molar refractivity (Wildman–Crippen MR) is 57.4 cm³/mol. The van der Waals surface area contributed by atoms with Crippen molar-refractivity contribution in [3.05, 3.63) is 23.7 Å². The lowest BCUT2D eigenvalue weighted by molar-refractivity contribution is -0.123. The van der Waals surface area contributed by atoms with Gasteiger partial charge in [0.25, 0.3) is 0 Å². The van der Waals surface area contributed by atoms with Gasteiger partial charge in [0.05, 0.1) is 13.2 Å². The summed E-state index contributed by atoms with van der Waals surface area (Å²) in [5, 5.41) is 11.1. The maximum atomic E-state index is 11.4. The van der Waals surface area contributed by atoms with Crippen LogP contribution in [0.3, 0.4) is 0 Å². The van der Waals surface area contributed by atoms with Crippen molar-refractivity contribution in [1.29, 1.82) is 0 Å². The molecule has 0 bridgehead atoms. The summed E-state index contributed by atoms with van der Waals surface area (Å²) in [6, 6.07) is 2.04. The van der Waals surface area contributed by atoms with Gasteiger partial charge >= 0.3 is 5.97 Å². The Morgan fingerprint density at radius 3 is 2.82 bits per heavy atom. The quantitative estimate of drug-likeness (QED) is 0.623. The van der Waals surface area contributed by atoms with Crippen molar-refractivity contribution in [3.8, 4) is 0 Å². The first-order valence-corrected chi connectivity index (χ1v) is 4.89. The van der Waals surface area contributed by atoms with E-state index < -0.39 is 12.0 Å². The summed E-state index contributed by atoms with van der Waals surface area (Å²) in [7, 11) is 1.44. The van der Waals surface area contributed by atoms with Crippen LogP contribution in [0.5, 0.6) is 0 Å². The van der Waals surface area contributed by atoms with Crippen LogP contribution in [0.4, 0.5) is 0 Å². The number of carboxylic acids is 1. The fourth-order valence-corrected chi connectivity index (χ4v) is 1.15. The van der Waals surface area contributed by atoms with E-state index in [1.807, 2.05) is 0 Å². The number of rotatable bonds is 6. The summed E-state index contributed by atoms with van der Waals surface area (Å²) < 4.78 is 9.67. The Balaban J connectivity index is 2.44. The lowest BCUT2D eigenvalue weighted by Crippen LogP contribution is -2.43. The van der Waals surface area contributed by atoms with Gasteiger partial charge in [0, 0.05) is 7.11 Å². The van der Waals surface area contributed by atoms with E-state index in [1.54, 1.807) is 0 Å². The molecule has 0 spiro atoms. The first kappa shape index (κ1) is 13.2. The molecule has 1 heterocycles. The summed E-state index contributed by atoms with van der Waals surface area (Å²) in [6.45, 7) is 0.202. The normalized spacial score (nSPS) is 12.1. The fraction of sp³-hybridized carbons (Fsp3) is 0.400. The highest BCUT2D eigenvalue weighted by atomic mass is 16.5. The van der Waals surface area contributed by atoms with Crippen molar-refractivity contribution in [2.75, 3.05) is 13.7 Å². The highest BCUT2D eigenvalue weighted by molar-refractivity contribution is 5.84. The average molecular weight is 242 g/mol. The molecule has 1 aromatic rings. The van der Waals surface area contributed by atoms with Gasteiger partial charge in [-0.3, -0.25) is 4.79 Å². The second-order valence-electron chi connectivity index (χ2n) is 3.35. The van der Waals surface area contributed by atoms with Crippen LogP contribution in [-0.2, 0) is 16.1 Å². The molecule has 7 nitrogen and oxygen atoms in total. The number of carbonyl (C=O) groups is 2. The highest BCUT2D eigenvalue weighted by Gasteiger charge is 2.14. The molecular weight excluding hydrogens is 228 g/mol. The fourth-order valence-electron chi connectivity index (χ4n) is 1.15. The number of hydrogen-bond donors (Lipinski definition) is 3. The average Bonchev–Trinajstić information content (AvgIpc) is 2.75. The number of carbonyl (C=O) groups excluding carboxylic acids is 1. The van der Waals surface area contributed by atoms with Gasteiger partial charge in [-0.2, -0.15) is 0 Å². The number of nitrogens with one attached hydrogen (secondary N) is 1. The highest BCUT2D eigenvalue weighted by Crippen LogP contribution is 2.07. The third kappa shape index (κ3) is 3.89. The second kappa shape index (κ2) is 6.02. The first-order valence-electron chi connectivity index (χ1n) is 4.89. The molecule has 94 valence electrons. The van der Waals surface area contributed by atoms with Gasteiger partial charge in [-0.25, -0.2) is 4.79 Å². The molecule has 1 atom stereocenters. The number of hydrogen-bond acceptors (Lipinski definition) is 5. The maximum absolute atomic E-state index is 11.4. The van der Waals surface area contributed by atoms with Gasteiger partial charge in [0.2, 0.25) is 11.7 Å². The van der Waals surface area contributed by atoms with Crippen LogP contribution in [0.2, 0.25) is 0 Å². The van der Waals surface area contributed by atoms with Gasteiger partial charge in [-0.05, 0) is 12.1 Å². The van der Waals surface area contributed by atoms with E-state index in [9.17, 15) is 9.59 Å². The van der Waals surface area contributed by atoms with Gasteiger partial charge in [0.1, 0.15) is 11.8 Å². The van der Waals surface area contributed by atoms with Crippen LogP contribution >= 0.6 is 0 Å². The SMILES string of the molecule is COCC(N)C(=O)NCc1ccc(C(=O)O)o1. The van der Waals surface area contributed by atoms with E-state index in [2.05, 4.69) is 5.32 Å². The van der Waals surface area contributed by atoms with Gasteiger partial charge in [-0.1, -0.05) is 0 Å². The van der Waals surface area contributed by atoms with Crippen molar-refractivity contribution < 1.29 is 23.8 Å². The smallest absolute Gasteiger partial charge is 0.371 e. The minimum atomic E-state index is -1.15. The molecule has 0 aliphatic rings. The molecule has 4 N–H and O–H groups in total. The molecular formula is C10H14N2O5. The second-order valence-corrected chi connectivity index (χ2v) is 3.35. The molecule has 0 aromatic carbocycles. The molecule has 0 saturated heterocycles. The number of aromatic carboxylic acids is 1. The molecule has 7 heteroatoms. The summed E-state index contributed by atoms with van der Waals surface area (Å²) in [5.74, 6) is -1.37. The van der Waals surface area contributed by atoms with Crippen molar-refractivity contribution >= 4 is 11.9 Å². The van der Waals surface area contributed by atoms with Crippen molar-refractivity contribution in [1.82, 2.24) is 5.32 Å². The monoisotopic (exact) mass is 242 g/mol. The Morgan fingerprint density at radius 2 is 2.29 bits per heavy atom. The Labute approximate surface area is 97.5 Å². The zero-order valence-corrected chi connectivity index (χ0v) is 9.30. The van der Waals surface area contributed by atoms with Crippen molar-refractivity contribution in [2.45, 2.75) is 12.6 Å². The molecule has 0 saturated carbocycles. The predicted octanol–water partition coefficient (Wildman–Crippen LogP) is -0.432. The van der Waals surface area contributed by atoms with Gasteiger partial charge < -0.3 is 25.3 Å². The van der Waals surface area contributed by atoms with Crippen molar-refractivity contribution in [3.63, 3.8) is 0 Å². The number of amides is 1. The Bertz CT molecular complexity index is 401. The Morgan fingerprint density at radius 1 is 1.59 bits per heavy atom. The van der Waals surface area contributed by atoms with Crippen LogP contribution in [0.15, 0.2) is 16.5 Å². The van der Waals surface area contributed by atoms with Gasteiger partial charge in [-0.15, -0.1) is 0 Å².